The Balaban J connectivity index is 0.00000272. The van der Waals surface area contributed by atoms with Crippen molar-refractivity contribution in [3.8, 4) is 0 Å². The summed E-state index contributed by atoms with van der Waals surface area (Å²) in [6.07, 6.45) is 2.06. The van der Waals surface area contributed by atoms with Gasteiger partial charge in [0, 0.05) is 43.8 Å². The predicted octanol–water partition coefficient (Wildman–Crippen LogP) is 5.02. The van der Waals surface area contributed by atoms with Gasteiger partial charge >= 0.3 is 0 Å². The average molecular weight is 422 g/mol. The molecule has 0 unspecified atom stereocenters. The Bertz CT molecular complexity index is 970. The van der Waals surface area contributed by atoms with E-state index in [1.165, 1.54) is 16.8 Å². The number of rotatable bonds is 7. The monoisotopic (exact) mass is 421 g/mol. The standard InChI is InChI=1S/C25H31N3O2.CH4/c1-19-8-7-10-22(20(19)2)28-16-14-27(15-17-28)13-6-5-12-26-25(29)24-18-21-9-3-4-11-23(21)30-24;/h3-4,7-11,18H,5-6,12-17H2,1-2H3,(H,26,29);1H4. The number of furan rings is 1. The molecular formula is C26H35N3O2. The molecule has 166 valence electrons. The van der Waals surface area contributed by atoms with E-state index in [-0.39, 0.29) is 13.3 Å². The quantitative estimate of drug-likeness (QED) is 0.544. The Morgan fingerprint density at radius 2 is 1.77 bits per heavy atom. The maximum Gasteiger partial charge on any atom is 0.287 e. The number of benzene rings is 2. The SMILES string of the molecule is C.Cc1cccc(N2CCN(CCCCNC(=O)c3cc4ccccc4o3)CC2)c1C. The fourth-order valence-electron chi connectivity index (χ4n) is 4.13. The van der Waals surface area contributed by atoms with Gasteiger partial charge in [0.2, 0.25) is 0 Å². The number of carbonyl (C=O) groups is 1. The van der Waals surface area contributed by atoms with Gasteiger partial charge in [-0.3, -0.25) is 9.69 Å². The van der Waals surface area contributed by atoms with E-state index in [4.69, 9.17) is 4.42 Å². The summed E-state index contributed by atoms with van der Waals surface area (Å²) in [4.78, 5) is 17.3. The molecule has 1 aliphatic heterocycles. The fraction of sp³-hybridized carbons (Fsp3) is 0.423. The lowest BCUT2D eigenvalue weighted by Gasteiger charge is -2.37. The highest BCUT2D eigenvalue weighted by Crippen LogP contribution is 2.24. The van der Waals surface area contributed by atoms with E-state index in [1.54, 1.807) is 6.07 Å². The lowest BCUT2D eigenvalue weighted by molar-refractivity contribution is 0.0927. The minimum absolute atomic E-state index is 0. The van der Waals surface area contributed by atoms with Crippen molar-refractivity contribution in [2.45, 2.75) is 34.1 Å². The second kappa shape index (κ2) is 10.5. The van der Waals surface area contributed by atoms with E-state index in [0.717, 1.165) is 56.5 Å². The molecule has 2 aromatic carbocycles. The third kappa shape index (κ3) is 5.47. The molecule has 0 aliphatic carbocycles. The molecule has 1 N–H and O–H groups in total. The Morgan fingerprint density at radius 1 is 1.00 bits per heavy atom. The normalized spacial score (nSPS) is 14.5. The highest BCUT2D eigenvalue weighted by Gasteiger charge is 2.18. The van der Waals surface area contributed by atoms with E-state index < -0.39 is 0 Å². The summed E-state index contributed by atoms with van der Waals surface area (Å²) in [7, 11) is 0. The van der Waals surface area contributed by atoms with E-state index in [1.807, 2.05) is 24.3 Å². The summed E-state index contributed by atoms with van der Waals surface area (Å²) in [5.74, 6) is 0.257. The maximum absolute atomic E-state index is 12.3. The molecule has 1 aromatic heterocycles. The molecule has 0 atom stereocenters. The highest BCUT2D eigenvalue weighted by atomic mass is 16.3. The molecule has 0 radical (unpaired) electrons. The van der Waals surface area contributed by atoms with Gasteiger partial charge in [0.15, 0.2) is 5.76 Å². The zero-order valence-corrected chi connectivity index (χ0v) is 18.0. The molecule has 5 nitrogen and oxygen atoms in total. The van der Waals surface area contributed by atoms with Crippen LogP contribution in [0.3, 0.4) is 0 Å². The minimum atomic E-state index is -0.131. The topological polar surface area (TPSA) is 48.7 Å². The van der Waals surface area contributed by atoms with Crippen LogP contribution in [0.1, 0.15) is 41.9 Å². The smallest absolute Gasteiger partial charge is 0.287 e. The lowest BCUT2D eigenvalue weighted by atomic mass is 10.1. The number of piperazine rings is 1. The van der Waals surface area contributed by atoms with E-state index in [2.05, 4.69) is 47.2 Å². The van der Waals surface area contributed by atoms with Crippen molar-refractivity contribution >= 4 is 22.6 Å². The van der Waals surface area contributed by atoms with Gasteiger partial charge < -0.3 is 14.6 Å². The first-order valence-corrected chi connectivity index (χ1v) is 10.9. The van der Waals surface area contributed by atoms with Crippen LogP contribution in [-0.2, 0) is 0 Å². The van der Waals surface area contributed by atoms with Crippen LogP contribution in [0.4, 0.5) is 5.69 Å². The van der Waals surface area contributed by atoms with Crippen LogP contribution in [0.15, 0.2) is 52.9 Å². The van der Waals surface area contributed by atoms with E-state index in [0.29, 0.717) is 12.3 Å². The lowest BCUT2D eigenvalue weighted by Crippen LogP contribution is -2.47. The third-order valence-corrected chi connectivity index (χ3v) is 6.13. The summed E-state index contributed by atoms with van der Waals surface area (Å²) in [5, 5.41) is 3.94. The zero-order chi connectivity index (χ0) is 20.9. The second-order valence-corrected chi connectivity index (χ2v) is 8.16. The molecule has 1 amide bonds. The molecule has 2 heterocycles. The van der Waals surface area contributed by atoms with Gasteiger partial charge in [-0.05, 0) is 62.6 Å². The summed E-state index contributed by atoms with van der Waals surface area (Å²) in [5.41, 5.74) is 4.89. The molecule has 4 rings (SSSR count). The maximum atomic E-state index is 12.3. The molecule has 1 fully saturated rings. The van der Waals surface area contributed by atoms with Crippen LogP contribution in [0.25, 0.3) is 11.0 Å². The van der Waals surface area contributed by atoms with Crippen LogP contribution in [-0.4, -0.2) is 50.1 Å². The molecule has 1 aliphatic rings. The largest absolute Gasteiger partial charge is 0.451 e. The Labute approximate surface area is 186 Å². The van der Waals surface area contributed by atoms with Crippen molar-refractivity contribution in [1.29, 1.82) is 0 Å². The Hall–Kier alpha value is -2.79. The minimum Gasteiger partial charge on any atom is -0.451 e. The number of hydrogen-bond donors (Lipinski definition) is 1. The molecule has 3 aromatic rings. The second-order valence-electron chi connectivity index (χ2n) is 8.16. The van der Waals surface area contributed by atoms with Crippen molar-refractivity contribution in [3.05, 3.63) is 65.4 Å². The first-order chi connectivity index (χ1) is 14.6. The highest BCUT2D eigenvalue weighted by molar-refractivity contribution is 5.96. The number of carbonyl (C=O) groups excluding carboxylic acids is 1. The molecular weight excluding hydrogens is 386 g/mol. The van der Waals surface area contributed by atoms with Crippen LogP contribution in [0.2, 0.25) is 0 Å². The fourth-order valence-corrected chi connectivity index (χ4v) is 4.13. The number of unbranched alkanes of at least 4 members (excludes halogenated alkanes) is 1. The predicted molar refractivity (Wildman–Crippen MR) is 129 cm³/mol. The van der Waals surface area contributed by atoms with Crippen LogP contribution < -0.4 is 10.2 Å². The van der Waals surface area contributed by atoms with Crippen molar-refractivity contribution in [3.63, 3.8) is 0 Å². The summed E-state index contributed by atoms with van der Waals surface area (Å²) in [6.45, 7) is 10.5. The number of fused-ring (bicyclic) bond motifs is 1. The zero-order valence-electron chi connectivity index (χ0n) is 18.0. The number of anilines is 1. The van der Waals surface area contributed by atoms with Gasteiger partial charge in [-0.15, -0.1) is 0 Å². The van der Waals surface area contributed by atoms with Gasteiger partial charge in [-0.1, -0.05) is 37.8 Å². The van der Waals surface area contributed by atoms with Gasteiger partial charge in [-0.25, -0.2) is 0 Å². The molecule has 31 heavy (non-hydrogen) atoms. The summed E-state index contributed by atoms with van der Waals surface area (Å²) in [6, 6.07) is 16.1. The number of nitrogens with one attached hydrogen (secondary N) is 1. The number of amides is 1. The van der Waals surface area contributed by atoms with Crippen LogP contribution in [0.5, 0.6) is 0 Å². The Morgan fingerprint density at radius 3 is 2.55 bits per heavy atom. The van der Waals surface area contributed by atoms with Crippen molar-refractivity contribution in [2.24, 2.45) is 0 Å². The number of para-hydroxylation sites is 1. The molecule has 5 heteroatoms. The number of nitrogens with zero attached hydrogens (tertiary/aromatic N) is 2. The first-order valence-electron chi connectivity index (χ1n) is 10.9. The third-order valence-electron chi connectivity index (χ3n) is 6.13. The molecule has 0 saturated carbocycles. The van der Waals surface area contributed by atoms with E-state index >= 15 is 0 Å². The number of aryl methyl sites for hydroxylation is 1. The van der Waals surface area contributed by atoms with Crippen LogP contribution >= 0.6 is 0 Å². The first kappa shape index (κ1) is 22.9. The molecule has 1 saturated heterocycles. The van der Waals surface area contributed by atoms with E-state index in [9.17, 15) is 4.79 Å². The van der Waals surface area contributed by atoms with Crippen molar-refractivity contribution < 1.29 is 9.21 Å². The van der Waals surface area contributed by atoms with Gasteiger partial charge in [0.05, 0.1) is 0 Å². The summed E-state index contributed by atoms with van der Waals surface area (Å²) >= 11 is 0. The van der Waals surface area contributed by atoms with Crippen molar-refractivity contribution in [1.82, 2.24) is 10.2 Å². The van der Waals surface area contributed by atoms with Crippen molar-refractivity contribution in [2.75, 3.05) is 44.2 Å². The number of hydrogen-bond acceptors (Lipinski definition) is 4. The summed E-state index contributed by atoms with van der Waals surface area (Å²) < 4.78 is 5.62. The average Bonchev–Trinajstić information content (AvgIpc) is 3.20. The van der Waals surface area contributed by atoms with Gasteiger partial charge in [0.1, 0.15) is 5.58 Å². The Kier molecular flexibility index (Phi) is 7.75. The van der Waals surface area contributed by atoms with Gasteiger partial charge in [0.25, 0.3) is 5.91 Å². The van der Waals surface area contributed by atoms with Gasteiger partial charge in [-0.2, -0.15) is 0 Å². The molecule has 0 spiro atoms. The molecule has 0 bridgehead atoms. The van der Waals surface area contributed by atoms with Crippen LogP contribution in [0, 0.1) is 13.8 Å².